The van der Waals surface area contributed by atoms with Crippen molar-refractivity contribution < 1.29 is 23.9 Å². The first kappa shape index (κ1) is 25.7. The van der Waals surface area contributed by atoms with Crippen molar-refractivity contribution in [3.8, 4) is 5.75 Å². The molecular formula is C28H31N5O5S. The Kier molecular flexibility index (Phi) is 6.94. The molecule has 4 amide bonds. The molecular weight excluding hydrogens is 518 g/mol. The van der Waals surface area contributed by atoms with Crippen molar-refractivity contribution in [3.63, 3.8) is 0 Å². The van der Waals surface area contributed by atoms with Crippen LogP contribution in [0.15, 0.2) is 48.1 Å². The van der Waals surface area contributed by atoms with E-state index in [1.165, 1.54) is 17.8 Å². The molecule has 3 N–H and O–H groups in total. The molecule has 10 nitrogen and oxygen atoms in total. The third kappa shape index (κ3) is 4.85. The molecule has 39 heavy (non-hydrogen) atoms. The highest BCUT2D eigenvalue weighted by Crippen LogP contribution is 2.51. The average Bonchev–Trinajstić information content (AvgIpc) is 3.67. The zero-order chi connectivity index (χ0) is 27.1. The van der Waals surface area contributed by atoms with E-state index in [-0.39, 0.29) is 36.0 Å². The van der Waals surface area contributed by atoms with Gasteiger partial charge >= 0.3 is 6.03 Å². The number of anilines is 2. The molecule has 6 rings (SSSR count). The fourth-order valence-electron chi connectivity index (χ4n) is 5.83. The monoisotopic (exact) mass is 549 g/mol. The number of nitrogens with zero attached hydrogens (tertiary/aromatic N) is 2. The number of hydrogen-bond acceptors (Lipinski definition) is 7. The van der Waals surface area contributed by atoms with Gasteiger partial charge < -0.3 is 25.4 Å². The molecule has 0 spiro atoms. The number of thioether (sulfide) groups is 1. The van der Waals surface area contributed by atoms with Crippen molar-refractivity contribution in [1.82, 2.24) is 20.9 Å². The average molecular weight is 550 g/mol. The van der Waals surface area contributed by atoms with Crippen LogP contribution in [0.5, 0.6) is 5.75 Å². The molecule has 3 aliphatic heterocycles. The third-order valence-electron chi connectivity index (χ3n) is 7.72. The van der Waals surface area contributed by atoms with Crippen LogP contribution in [0.1, 0.15) is 42.9 Å². The molecule has 11 heteroatoms. The van der Waals surface area contributed by atoms with Crippen molar-refractivity contribution >= 4 is 41.0 Å². The summed E-state index contributed by atoms with van der Waals surface area (Å²) in [4.78, 5) is 45.0. The minimum absolute atomic E-state index is 0.0376. The lowest BCUT2D eigenvalue weighted by Gasteiger charge is -2.35. The summed E-state index contributed by atoms with van der Waals surface area (Å²) in [5.41, 5.74) is 3.18. The molecule has 1 aromatic carbocycles. The van der Waals surface area contributed by atoms with Crippen LogP contribution < -0.4 is 25.6 Å². The standard InChI is InChI=1S/C28H31N5O5S/c1-3-22(34)30-18-5-4-6-19(18)31-26(35)25-24-23-21(9-11-29-27(23)39-25)33(28(36)32-24)20-8-7-16(13-15(20)2)38-17-10-12-37-14-17/h3,7-9,11,13,17-19,24-25H,1,4-6,10,12,14H2,2H3,(H,30,34)(H,31,35)(H,32,36)/t17-,18-,19+,24?,25?/m0/s1. The third-order valence-corrected chi connectivity index (χ3v) is 9.01. The zero-order valence-electron chi connectivity index (χ0n) is 21.6. The number of ether oxygens (including phenoxy) is 2. The summed E-state index contributed by atoms with van der Waals surface area (Å²) in [6.07, 6.45) is 6.29. The van der Waals surface area contributed by atoms with Gasteiger partial charge in [-0.1, -0.05) is 18.3 Å². The Morgan fingerprint density at radius 1 is 1.21 bits per heavy atom. The number of carbonyl (C=O) groups excluding carboxylic acids is 3. The Hall–Kier alpha value is -3.57. The Labute approximate surface area is 230 Å². The maximum Gasteiger partial charge on any atom is 0.327 e. The first-order valence-electron chi connectivity index (χ1n) is 13.3. The molecule has 0 bridgehead atoms. The molecule has 2 aromatic rings. The van der Waals surface area contributed by atoms with Gasteiger partial charge in [0, 0.05) is 30.3 Å². The molecule has 204 valence electrons. The van der Waals surface area contributed by atoms with E-state index in [1.54, 1.807) is 11.1 Å². The highest BCUT2D eigenvalue weighted by molar-refractivity contribution is 8.01. The molecule has 5 atom stereocenters. The van der Waals surface area contributed by atoms with Gasteiger partial charge in [0.2, 0.25) is 11.8 Å². The van der Waals surface area contributed by atoms with Gasteiger partial charge in [0.15, 0.2) is 0 Å². The van der Waals surface area contributed by atoms with E-state index in [4.69, 9.17) is 9.47 Å². The maximum absolute atomic E-state index is 13.5. The minimum atomic E-state index is -0.568. The van der Waals surface area contributed by atoms with Crippen LogP contribution in [-0.4, -0.2) is 59.5 Å². The Morgan fingerprint density at radius 3 is 2.77 bits per heavy atom. The van der Waals surface area contributed by atoms with Crippen LogP contribution in [0.2, 0.25) is 0 Å². The Balaban J connectivity index is 1.22. The molecule has 1 aliphatic carbocycles. The van der Waals surface area contributed by atoms with E-state index in [0.29, 0.717) is 13.2 Å². The van der Waals surface area contributed by atoms with E-state index in [0.717, 1.165) is 59.0 Å². The van der Waals surface area contributed by atoms with Crippen LogP contribution in [0.25, 0.3) is 0 Å². The van der Waals surface area contributed by atoms with Crippen molar-refractivity contribution in [2.75, 3.05) is 18.1 Å². The number of amides is 4. The highest BCUT2D eigenvalue weighted by Gasteiger charge is 2.47. The van der Waals surface area contributed by atoms with Crippen LogP contribution >= 0.6 is 11.8 Å². The van der Waals surface area contributed by atoms with Gasteiger partial charge in [-0.25, -0.2) is 9.78 Å². The van der Waals surface area contributed by atoms with Crippen molar-refractivity contribution in [3.05, 3.63) is 54.2 Å². The van der Waals surface area contributed by atoms with Gasteiger partial charge in [0.1, 0.15) is 22.1 Å². The molecule has 2 unspecified atom stereocenters. The SMILES string of the molecule is C=CC(=O)N[C@H]1CCC[C@H]1NC(=O)C1Sc2nccc3c2C1NC(=O)N3c1ccc(O[C@H]2CCOC2)cc1C. The molecule has 1 aromatic heterocycles. The summed E-state index contributed by atoms with van der Waals surface area (Å²) in [6.45, 7) is 6.74. The number of hydrogen-bond donors (Lipinski definition) is 3. The van der Waals surface area contributed by atoms with Crippen molar-refractivity contribution in [2.45, 2.75) is 67.1 Å². The first-order valence-corrected chi connectivity index (χ1v) is 14.2. The second-order valence-corrected chi connectivity index (χ2v) is 11.4. The summed E-state index contributed by atoms with van der Waals surface area (Å²) in [5.74, 6) is 0.310. The van der Waals surface area contributed by atoms with Crippen molar-refractivity contribution in [2.24, 2.45) is 0 Å². The number of pyridine rings is 1. The topological polar surface area (TPSA) is 122 Å². The largest absolute Gasteiger partial charge is 0.488 e. The molecule has 2 fully saturated rings. The minimum Gasteiger partial charge on any atom is -0.488 e. The Morgan fingerprint density at radius 2 is 2.03 bits per heavy atom. The normalized spacial score (nSPS) is 27.1. The van der Waals surface area contributed by atoms with Gasteiger partial charge in [0.25, 0.3) is 0 Å². The zero-order valence-corrected chi connectivity index (χ0v) is 22.5. The van der Waals surface area contributed by atoms with Gasteiger partial charge in [-0.15, -0.1) is 0 Å². The van der Waals surface area contributed by atoms with E-state index < -0.39 is 11.3 Å². The van der Waals surface area contributed by atoms with E-state index in [1.807, 2.05) is 31.2 Å². The quantitative estimate of drug-likeness (QED) is 0.453. The maximum atomic E-state index is 13.5. The lowest BCUT2D eigenvalue weighted by Crippen LogP contribution is -2.53. The lowest BCUT2D eigenvalue weighted by atomic mass is 9.99. The number of rotatable bonds is 7. The number of aryl methyl sites for hydroxylation is 1. The van der Waals surface area contributed by atoms with E-state index in [2.05, 4.69) is 27.5 Å². The van der Waals surface area contributed by atoms with Gasteiger partial charge in [-0.05, 0) is 62.1 Å². The molecule has 4 heterocycles. The number of nitrogens with one attached hydrogen (secondary N) is 3. The lowest BCUT2D eigenvalue weighted by molar-refractivity contribution is -0.122. The van der Waals surface area contributed by atoms with Crippen LogP contribution in [0, 0.1) is 6.92 Å². The van der Waals surface area contributed by atoms with Gasteiger partial charge in [-0.3, -0.25) is 14.5 Å². The van der Waals surface area contributed by atoms with Crippen molar-refractivity contribution in [1.29, 1.82) is 0 Å². The number of urea groups is 1. The fraction of sp³-hybridized carbons (Fsp3) is 0.429. The second kappa shape index (κ2) is 10.5. The van der Waals surface area contributed by atoms with Gasteiger partial charge in [0.05, 0.1) is 30.6 Å². The molecule has 1 saturated carbocycles. The van der Waals surface area contributed by atoms with Crippen LogP contribution in [-0.2, 0) is 14.3 Å². The van der Waals surface area contributed by atoms with Crippen LogP contribution in [0.3, 0.4) is 0 Å². The fourth-order valence-corrected chi connectivity index (χ4v) is 7.06. The number of benzene rings is 1. The predicted octanol–water partition coefficient (Wildman–Crippen LogP) is 3.27. The number of carbonyl (C=O) groups is 3. The Bertz CT molecular complexity index is 1330. The summed E-state index contributed by atoms with van der Waals surface area (Å²) in [7, 11) is 0. The smallest absolute Gasteiger partial charge is 0.327 e. The highest BCUT2D eigenvalue weighted by atomic mass is 32.2. The van der Waals surface area contributed by atoms with Gasteiger partial charge in [-0.2, -0.15) is 0 Å². The summed E-state index contributed by atoms with van der Waals surface area (Å²) in [6, 6.07) is 6.38. The van der Waals surface area contributed by atoms with E-state index >= 15 is 0 Å². The molecule has 0 radical (unpaired) electrons. The molecule has 1 saturated heterocycles. The predicted molar refractivity (Wildman–Crippen MR) is 146 cm³/mol. The number of aromatic nitrogens is 1. The summed E-state index contributed by atoms with van der Waals surface area (Å²) >= 11 is 1.36. The first-order chi connectivity index (χ1) is 18.9. The van der Waals surface area contributed by atoms with E-state index in [9.17, 15) is 14.4 Å². The summed E-state index contributed by atoms with van der Waals surface area (Å²) in [5, 5.41) is 9.26. The van der Waals surface area contributed by atoms with Crippen LogP contribution in [0.4, 0.5) is 16.2 Å². The molecule has 4 aliphatic rings. The summed E-state index contributed by atoms with van der Waals surface area (Å²) < 4.78 is 11.4. The second-order valence-electron chi connectivity index (χ2n) is 10.3.